The van der Waals surface area contributed by atoms with E-state index in [2.05, 4.69) is 31.2 Å². The van der Waals surface area contributed by atoms with Gasteiger partial charge in [-0.2, -0.15) is 0 Å². The summed E-state index contributed by atoms with van der Waals surface area (Å²) in [6.07, 6.45) is 6.53. The van der Waals surface area contributed by atoms with Crippen LogP contribution in [0, 0.1) is 5.92 Å². The van der Waals surface area contributed by atoms with Gasteiger partial charge in [0.1, 0.15) is 5.65 Å². The van der Waals surface area contributed by atoms with Crippen molar-refractivity contribution in [2.75, 3.05) is 5.32 Å². The Balaban J connectivity index is 1.83. The molecule has 2 aromatic rings. The van der Waals surface area contributed by atoms with Crippen molar-refractivity contribution in [1.29, 1.82) is 0 Å². The Morgan fingerprint density at radius 1 is 1.59 bits per heavy atom. The maximum atomic E-state index is 11.7. The number of aromatic amines is 1. The van der Waals surface area contributed by atoms with Crippen molar-refractivity contribution >= 4 is 38.6 Å². The third-order valence-electron chi connectivity index (χ3n) is 2.94. The predicted molar refractivity (Wildman–Crippen MR) is 69.8 cm³/mol. The predicted octanol–water partition coefficient (Wildman–Crippen LogP) is 3.06. The van der Waals surface area contributed by atoms with E-state index >= 15 is 0 Å². The molecule has 0 bridgehead atoms. The van der Waals surface area contributed by atoms with Crippen LogP contribution in [0.2, 0.25) is 0 Å². The summed E-state index contributed by atoms with van der Waals surface area (Å²) in [5, 5.41) is 3.87. The highest BCUT2D eigenvalue weighted by molar-refractivity contribution is 9.10. The van der Waals surface area contributed by atoms with Crippen LogP contribution in [0.5, 0.6) is 0 Å². The van der Waals surface area contributed by atoms with Gasteiger partial charge in [0.05, 0.1) is 5.69 Å². The van der Waals surface area contributed by atoms with Crippen molar-refractivity contribution in [2.45, 2.75) is 19.3 Å². The van der Waals surface area contributed by atoms with E-state index in [0.717, 1.165) is 21.2 Å². The number of carbonyl (C=O) groups excluding carboxylic acids is 1. The summed E-state index contributed by atoms with van der Waals surface area (Å²) in [5.74, 6) is 0.693. The van der Waals surface area contributed by atoms with Gasteiger partial charge >= 0.3 is 0 Å². The Bertz CT molecular complexity index is 574. The van der Waals surface area contributed by atoms with Crippen molar-refractivity contribution in [3.8, 4) is 0 Å². The molecule has 0 spiro atoms. The normalized spacial score (nSPS) is 15.1. The molecule has 2 aromatic heterocycles. The molecule has 1 fully saturated rings. The molecule has 1 amide bonds. The Morgan fingerprint density at radius 2 is 2.41 bits per heavy atom. The van der Waals surface area contributed by atoms with Crippen LogP contribution in [0.15, 0.2) is 22.9 Å². The Kier molecular flexibility index (Phi) is 2.63. The van der Waals surface area contributed by atoms with E-state index in [1.54, 1.807) is 12.4 Å². The second-order valence-electron chi connectivity index (χ2n) is 4.45. The molecule has 0 unspecified atom stereocenters. The van der Waals surface area contributed by atoms with E-state index < -0.39 is 0 Å². The first kappa shape index (κ1) is 10.8. The smallest absolute Gasteiger partial charge is 0.224 e. The molecule has 0 aliphatic heterocycles. The molecule has 1 aliphatic carbocycles. The van der Waals surface area contributed by atoms with E-state index in [9.17, 15) is 4.79 Å². The van der Waals surface area contributed by atoms with Crippen LogP contribution in [-0.4, -0.2) is 15.9 Å². The molecule has 2 heterocycles. The number of fused-ring (bicyclic) bond motifs is 1. The molecule has 5 heteroatoms. The number of aromatic nitrogens is 2. The molecule has 0 saturated heterocycles. The van der Waals surface area contributed by atoms with Crippen molar-refractivity contribution in [1.82, 2.24) is 9.97 Å². The van der Waals surface area contributed by atoms with Crippen molar-refractivity contribution < 1.29 is 4.79 Å². The Labute approximate surface area is 107 Å². The van der Waals surface area contributed by atoms with Gasteiger partial charge in [0.2, 0.25) is 5.91 Å². The standard InChI is InChI=1S/C12H12BrN3O/c13-8-4-9-10(6-15-12(9)14-5-8)16-11(17)3-7-1-2-7/h4-7H,1-3H2,(H,14,15)(H,16,17). The molecule has 0 aromatic carbocycles. The number of anilines is 1. The number of nitrogens with zero attached hydrogens (tertiary/aromatic N) is 1. The van der Waals surface area contributed by atoms with Crippen LogP contribution in [-0.2, 0) is 4.79 Å². The molecular weight excluding hydrogens is 282 g/mol. The number of hydrogen-bond acceptors (Lipinski definition) is 2. The highest BCUT2D eigenvalue weighted by Crippen LogP contribution is 2.33. The summed E-state index contributed by atoms with van der Waals surface area (Å²) in [6, 6.07) is 1.95. The van der Waals surface area contributed by atoms with Gasteiger partial charge in [-0.3, -0.25) is 4.79 Å². The maximum absolute atomic E-state index is 11.7. The maximum Gasteiger partial charge on any atom is 0.224 e. The first-order valence-electron chi connectivity index (χ1n) is 5.65. The van der Waals surface area contributed by atoms with Crippen LogP contribution in [0.1, 0.15) is 19.3 Å². The minimum atomic E-state index is 0.0911. The average molecular weight is 294 g/mol. The minimum Gasteiger partial charge on any atom is -0.344 e. The number of halogens is 1. The molecule has 4 nitrogen and oxygen atoms in total. The van der Waals surface area contributed by atoms with Crippen LogP contribution >= 0.6 is 15.9 Å². The number of carbonyl (C=O) groups is 1. The summed E-state index contributed by atoms with van der Waals surface area (Å²) < 4.78 is 0.905. The van der Waals surface area contributed by atoms with Gasteiger partial charge in [-0.1, -0.05) is 0 Å². The van der Waals surface area contributed by atoms with Gasteiger partial charge in [0.15, 0.2) is 0 Å². The first-order valence-corrected chi connectivity index (χ1v) is 6.44. The molecule has 0 atom stereocenters. The number of rotatable bonds is 3. The quantitative estimate of drug-likeness (QED) is 0.914. The largest absolute Gasteiger partial charge is 0.344 e. The average Bonchev–Trinajstić information content (AvgIpc) is 3.01. The molecule has 3 rings (SSSR count). The summed E-state index contributed by atoms with van der Waals surface area (Å²) >= 11 is 3.38. The highest BCUT2D eigenvalue weighted by Gasteiger charge is 2.24. The lowest BCUT2D eigenvalue weighted by molar-refractivity contribution is -0.116. The van der Waals surface area contributed by atoms with Gasteiger partial charge in [0, 0.05) is 28.7 Å². The van der Waals surface area contributed by atoms with E-state index in [-0.39, 0.29) is 5.91 Å². The second-order valence-corrected chi connectivity index (χ2v) is 5.36. The van der Waals surface area contributed by atoms with Crippen molar-refractivity contribution in [2.24, 2.45) is 5.92 Å². The van der Waals surface area contributed by atoms with Gasteiger partial charge in [-0.25, -0.2) is 4.98 Å². The SMILES string of the molecule is O=C(CC1CC1)Nc1c[nH]c2ncc(Br)cc12. The second kappa shape index (κ2) is 4.14. The third kappa shape index (κ3) is 2.34. The first-order chi connectivity index (χ1) is 8.22. The van der Waals surface area contributed by atoms with E-state index in [1.165, 1.54) is 12.8 Å². The van der Waals surface area contributed by atoms with E-state index in [1.807, 2.05) is 6.07 Å². The lowest BCUT2D eigenvalue weighted by atomic mass is 10.2. The minimum absolute atomic E-state index is 0.0911. The van der Waals surface area contributed by atoms with Gasteiger partial charge < -0.3 is 10.3 Å². The summed E-state index contributed by atoms with van der Waals surface area (Å²) in [5.41, 5.74) is 1.59. The van der Waals surface area contributed by atoms with Crippen molar-refractivity contribution in [3.63, 3.8) is 0 Å². The summed E-state index contributed by atoms with van der Waals surface area (Å²) in [7, 11) is 0. The molecule has 2 N–H and O–H groups in total. The van der Waals surface area contributed by atoms with Gasteiger partial charge in [-0.05, 0) is 40.8 Å². The monoisotopic (exact) mass is 293 g/mol. The zero-order chi connectivity index (χ0) is 11.8. The summed E-state index contributed by atoms with van der Waals surface area (Å²) in [6.45, 7) is 0. The fourth-order valence-electron chi connectivity index (χ4n) is 1.87. The highest BCUT2D eigenvalue weighted by atomic mass is 79.9. The van der Waals surface area contributed by atoms with Gasteiger partial charge in [-0.15, -0.1) is 0 Å². The number of amides is 1. The van der Waals surface area contributed by atoms with Crippen LogP contribution in [0.4, 0.5) is 5.69 Å². The molecule has 0 radical (unpaired) electrons. The molecule has 1 aliphatic rings. The van der Waals surface area contributed by atoms with Crippen LogP contribution < -0.4 is 5.32 Å². The number of hydrogen-bond donors (Lipinski definition) is 2. The zero-order valence-corrected chi connectivity index (χ0v) is 10.8. The Morgan fingerprint density at radius 3 is 3.18 bits per heavy atom. The lowest BCUT2D eigenvalue weighted by Crippen LogP contribution is -2.11. The fourth-order valence-corrected chi connectivity index (χ4v) is 2.20. The van der Waals surface area contributed by atoms with Crippen LogP contribution in [0.25, 0.3) is 11.0 Å². The van der Waals surface area contributed by atoms with Crippen LogP contribution in [0.3, 0.4) is 0 Å². The Hall–Kier alpha value is -1.36. The van der Waals surface area contributed by atoms with E-state index in [4.69, 9.17) is 0 Å². The van der Waals surface area contributed by atoms with E-state index in [0.29, 0.717) is 12.3 Å². The number of H-pyrrole nitrogens is 1. The zero-order valence-electron chi connectivity index (χ0n) is 9.16. The topological polar surface area (TPSA) is 57.8 Å². The molecular formula is C12H12BrN3O. The van der Waals surface area contributed by atoms with Crippen molar-refractivity contribution in [3.05, 3.63) is 22.9 Å². The molecule has 88 valence electrons. The third-order valence-corrected chi connectivity index (χ3v) is 3.38. The molecule has 1 saturated carbocycles. The number of nitrogens with one attached hydrogen (secondary N) is 2. The number of pyridine rings is 1. The summed E-state index contributed by atoms with van der Waals surface area (Å²) in [4.78, 5) is 19.0. The fraction of sp³-hybridized carbons (Fsp3) is 0.333. The molecule has 17 heavy (non-hydrogen) atoms. The lowest BCUT2D eigenvalue weighted by Gasteiger charge is -2.02. The van der Waals surface area contributed by atoms with Gasteiger partial charge in [0.25, 0.3) is 0 Å².